The van der Waals surface area contributed by atoms with Crippen molar-refractivity contribution in [2.24, 2.45) is 11.5 Å². The highest BCUT2D eigenvalue weighted by atomic mass is 16.3. The second-order valence-corrected chi connectivity index (χ2v) is 3.48. The van der Waals surface area contributed by atoms with Crippen molar-refractivity contribution < 1.29 is 5.11 Å². The highest BCUT2D eigenvalue weighted by molar-refractivity contribution is 4.63. The molecule has 1 unspecified atom stereocenters. The predicted molar refractivity (Wildman–Crippen MR) is 59.1 cm³/mol. The summed E-state index contributed by atoms with van der Waals surface area (Å²) < 4.78 is 0. The summed E-state index contributed by atoms with van der Waals surface area (Å²) in [6.45, 7) is 7.22. The lowest BCUT2D eigenvalue weighted by molar-refractivity contribution is 0.129. The Balaban J connectivity index is 3.51. The molecule has 0 aromatic rings. The Hall–Kier alpha value is -0.200. The van der Waals surface area contributed by atoms with Crippen molar-refractivity contribution in [1.29, 1.82) is 0 Å². The van der Waals surface area contributed by atoms with Crippen LogP contribution in [-0.4, -0.2) is 61.9 Å². The standard InChI is InChI=1S/C9H24N4O/c1-9(14)8-13(6-3-11)7-5-12-4-2-10/h9,12,14H,2-8,10-11H2,1H3. The number of nitrogens with two attached hydrogens (primary N) is 2. The van der Waals surface area contributed by atoms with E-state index >= 15 is 0 Å². The average molecular weight is 204 g/mol. The van der Waals surface area contributed by atoms with Crippen LogP contribution >= 0.6 is 0 Å². The molecule has 5 nitrogen and oxygen atoms in total. The van der Waals surface area contributed by atoms with Crippen LogP contribution in [0.4, 0.5) is 0 Å². The van der Waals surface area contributed by atoms with Crippen molar-refractivity contribution in [2.75, 3.05) is 45.8 Å². The first-order valence-corrected chi connectivity index (χ1v) is 5.22. The van der Waals surface area contributed by atoms with Crippen LogP contribution in [0, 0.1) is 0 Å². The van der Waals surface area contributed by atoms with Crippen LogP contribution in [0.15, 0.2) is 0 Å². The quantitative estimate of drug-likeness (QED) is 0.332. The molecule has 0 saturated heterocycles. The Labute approximate surface area is 86.4 Å². The van der Waals surface area contributed by atoms with Gasteiger partial charge in [-0.2, -0.15) is 0 Å². The summed E-state index contributed by atoms with van der Waals surface area (Å²) in [5, 5.41) is 12.4. The number of nitrogens with one attached hydrogen (secondary N) is 1. The van der Waals surface area contributed by atoms with E-state index in [4.69, 9.17) is 11.5 Å². The van der Waals surface area contributed by atoms with Gasteiger partial charge in [-0.1, -0.05) is 0 Å². The maximum absolute atomic E-state index is 9.23. The topological polar surface area (TPSA) is 87.5 Å². The van der Waals surface area contributed by atoms with Gasteiger partial charge in [-0.05, 0) is 6.92 Å². The number of hydrogen-bond acceptors (Lipinski definition) is 5. The number of nitrogens with zero attached hydrogens (tertiary/aromatic N) is 1. The third-order valence-corrected chi connectivity index (χ3v) is 1.89. The van der Waals surface area contributed by atoms with E-state index in [1.54, 1.807) is 6.92 Å². The molecule has 0 aromatic carbocycles. The summed E-state index contributed by atoms with van der Waals surface area (Å²) in [5.41, 5.74) is 10.8. The van der Waals surface area contributed by atoms with Crippen LogP contribution < -0.4 is 16.8 Å². The van der Waals surface area contributed by atoms with Crippen molar-refractivity contribution >= 4 is 0 Å². The van der Waals surface area contributed by atoms with Gasteiger partial charge in [0.25, 0.3) is 0 Å². The molecular weight excluding hydrogens is 180 g/mol. The Morgan fingerprint density at radius 1 is 1.21 bits per heavy atom. The Kier molecular flexibility index (Phi) is 9.23. The minimum atomic E-state index is -0.295. The Morgan fingerprint density at radius 2 is 1.93 bits per heavy atom. The van der Waals surface area contributed by atoms with Gasteiger partial charge in [-0.3, -0.25) is 4.90 Å². The lowest BCUT2D eigenvalue weighted by Crippen LogP contribution is -2.40. The summed E-state index contributed by atoms with van der Waals surface area (Å²) >= 11 is 0. The van der Waals surface area contributed by atoms with E-state index in [2.05, 4.69) is 10.2 Å². The number of rotatable bonds is 9. The van der Waals surface area contributed by atoms with Crippen molar-refractivity contribution in [3.05, 3.63) is 0 Å². The first kappa shape index (κ1) is 13.8. The van der Waals surface area contributed by atoms with Crippen LogP contribution in [0.1, 0.15) is 6.92 Å². The molecule has 0 heterocycles. The molecule has 1 atom stereocenters. The van der Waals surface area contributed by atoms with Gasteiger partial charge in [-0.15, -0.1) is 0 Å². The van der Waals surface area contributed by atoms with E-state index in [-0.39, 0.29) is 6.10 Å². The summed E-state index contributed by atoms with van der Waals surface area (Å²) in [6.07, 6.45) is -0.295. The van der Waals surface area contributed by atoms with Crippen LogP contribution in [0.3, 0.4) is 0 Å². The van der Waals surface area contributed by atoms with E-state index in [9.17, 15) is 5.11 Å². The van der Waals surface area contributed by atoms with Crippen LogP contribution in [0.5, 0.6) is 0 Å². The first-order valence-electron chi connectivity index (χ1n) is 5.22. The highest BCUT2D eigenvalue weighted by Gasteiger charge is 2.06. The molecule has 0 rings (SSSR count). The zero-order chi connectivity index (χ0) is 10.8. The third kappa shape index (κ3) is 8.40. The molecule has 0 aliphatic carbocycles. The second-order valence-electron chi connectivity index (χ2n) is 3.48. The van der Waals surface area contributed by atoms with E-state index in [1.807, 2.05) is 0 Å². The molecule has 0 amide bonds. The van der Waals surface area contributed by atoms with E-state index in [1.165, 1.54) is 0 Å². The molecular formula is C9H24N4O. The summed E-state index contributed by atoms with van der Waals surface area (Å²) in [4.78, 5) is 2.15. The minimum absolute atomic E-state index is 0.295. The van der Waals surface area contributed by atoms with Gasteiger partial charge < -0.3 is 21.9 Å². The van der Waals surface area contributed by atoms with E-state index < -0.39 is 0 Å². The van der Waals surface area contributed by atoms with Gasteiger partial charge in [0.1, 0.15) is 0 Å². The third-order valence-electron chi connectivity index (χ3n) is 1.89. The summed E-state index contributed by atoms with van der Waals surface area (Å²) in [6, 6.07) is 0. The normalized spacial score (nSPS) is 13.5. The minimum Gasteiger partial charge on any atom is -0.392 e. The fourth-order valence-electron chi connectivity index (χ4n) is 1.31. The van der Waals surface area contributed by atoms with Crippen molar-refractivity contribution in [3.63, 3.8) is 0 Å². The van der Waals surface area contributed by atoms with Gasteiger partial charge in [0.05, 0.1) is 6.10 Å². The molecule has 0 radical (unpaired) electrons. The largest absolute Gasteiger partial charge is 0.392 e. The van der Waals surface area contributed by atoms with E-state index in [0.717, 1.165) is 26.2 Å². The number of aliphatic hydroxyl groups is 1. The Bertz CT molecular complexity index is 121. The molecule has 0 aliphatic heterocycles. The zero-order valence-electron chi connectivity index (χ0n) is 9.08. The molecule has 6 N–H and O–H groups in total. The first-order chi connectivity index (χ1) is 6.70. The molecule has 0 spiro atoms. The monoisotopic (exact) mass is 204 g/mol. The highest BCUT2D eigenvalue weighted by Crippen LogP contribution is 1.90. The molecule has 0 aromatic heterocycles. The molecule has 86 valence electrons. The molecule has 5 heteroatoms. The average Bonchev–Trinajstić information content (AvgIpc) is 2.12. The lowest BCUT2D eigenvalue weighted by atomic mass is 10.3. The summed E-state index contributed by atoms with van der Waals surface area (Å²) in [5.74, 6) is 0. The predicted octanol–water partition coefficient (Wildman–Crippen LogP) is -1.82. The lowest BCUT2D eigenvalue weighted by Gasteiger charge is -2.22. The molecule has 0 aliphatic rings. The fourth-order valence-corrected chi connectivity index (χ4v) is 1.31. The van der Waals surface area contributed by atoms with Gasteiger partial charge in [0.15, 0.2) is 0 Å². The molecule has 0 saturated carbocycles. The zero-order valence-corrected chi connectivity index (χ0v) is 9.08. The van der Waals surface area contributed by atoms with Gasteiger partial charge in [-0.25, -0.2) is 0 Å². The van der Waals surface area contributed by atoms with Gasteiger partial charge in [0.2, 0.25) is 0 Å². The van der Waals surface area contributed by atoms with E-state index in [0.29, 0.717) is 19.6 Å². The SMILES string of the molecule is CC(O)CN(CCN)CCNCCN. The number of hydrogen-bond donors (Lipinski definition) is 4. The van der Waals surface area contributed by atoms with Crippen molar-refractivity contribution in [1.82, 2.24) is 10.2 Å². The van der Waals surface area contributed by atoms with Crippen LogP contribution in [0.2, 0.25) is 0 Å². The van der Waals surface area contributed by atoms with Crippen molar-refractivity contribution in [2.45, 2.75) is 13.0 Å². The second kappa shape index (κ2) is 9.36. The summed E-state index contributed by atoms with van der Waals surface area (Å²) in [7, 11) is 0. The molecule has 0 bridgehead atoms. The maximum atomic E-state index is 9.23. The van der Waals surface area contributed by atoms with Gasteiger partial charge >= 0.3 is 0 Å². The van der Waals surface area contributed by atoms with Crippen molar-refractivity contribution in [3.8, 4) is 0 Å². The van der Waals surface area contributed by atoms with Crippen LogP contribution in [0.25, 0.3) is 0 Å². The smallest absolute Gasteiger partial charge is 0.0639 e. The van der Waals surface area contributed by atoms with Crippen LogP contribution in [-0.2, 0) is 0 Å². The maximum Gasteiger partial charge on any atom is 0.0639 e. The van der Waals surface area contributed by atoms with Gasteiger partial charge in [0, 0.05) is 45.8 Å². The molecule has 0 fully saturated rings. The fraction of sp³-hybridized carbons (Fsp3) is 1.00. The molecule has 14 heavy (non-hydrogen) atoms. The Morgan fingerprint density at radius 3 is 2.43 bits per heavy atom. The number of aliphatic hydroxyl groups excluding tert-OH is 1.